The van der Waals surface area contributed by atoms with Crippen LogP contribution < -0.4 is 5.32 Å². The summed E-state index contributed by atoms with van der Waals surface area (Å²) < 4.78 is 1.25. The van der Waals surface area contributed by atoms with Gasteiger partial charge in [-0.3, -0.25) is 0 Å². The highest BCUT2D eigenvalue weighted by Crippen LogP contribution is 2.41. The first kappa shape index (κ1) is 7.56. The number of hydrogen-bond acceptors (Lipinski definition) is 1. The Morgan fingerprint density at radius 1 is 1.09 bits per heavy atom. The summed E-state index contributed by atoms with van der Waals surface area (Å²) in [7, 11) is 4.68. The van der Waals surface area contributed by atoms with Crippen LogP contribution in [-0.2, 0) is 0 Å². The maximum atomic E-state index is 3.43. The van der Waals surface area contributed by atoms with E-state index < -0.39 is 0 Å². The minimum absolute atomic E-state index is 0.745. The van der Waals surface area contributed by atoms with Crippen LogP contribution in [0, 0.1) is 5.41 Å². The van der Waals surface area contributed by atoms with Crippen LogP contribution in [0.1, 0.15) is 12.8 Å². The molecule has 0 amide bonds. The first-order chi connectivity index (χ1) is 5.12. The third-order valence-electron chi connectivity index (χ3n) is 3.19. The van der Waals surface area contributed by atoms with Gasteiger partial charge in [0.1, 0.15) is 0 Å². The van der Waals surface area contributed by atoms with E-state index in [-0.39, 0.29) is 0 Å². The van der Waals surface area contributed by atoms with Gasteiger partial charge in [-0.15, -0.1) is 0 Å². The summed E-state index contributed by atoms with van der Waals surface area (Å²) in [6, 6.07) is 0. The van der Waals surface area contributed by atoms with Gasteiger partial charge in [-0.2, -0.15) is 0 Å². The molecule has 2 aliphatic rings. The van der Waals surface area contributed by atoms with Gasteiger partial charge in [-0.25, -0.2) is 0 Å². The standard InChI is InChI=1S/C9H19N2/c1-11(2)7-9(8-11)3-5-10-6-4-9/h10H,3-8H2,1-2H3/q+1. The molecule has 2 nitrogen and oxygen atoms in total. The molecule has 1 spiro atoms. The normalized spacial score (nSPS) is 33.3. The van der Waals surface area contributed by atoms with Crippen molar-refractivity contribution in [1.29, 1.82) is 0 Å². The highest BCUT2D eigenvalue weighted by Gasteiger charge is 2.51. The Balaban J connectivity index is 1.94. The lowest BCUT2D eigenvalue weighted by Gasteiger charge is -2.55. The van der Waals surface area contributed by atoms with Crippen LogP contribution in [0.2, 0.25) is 0 Å². The molecule has 0 aliphatic carbocycles. The SMILES string of the molecule is C[N+]1(C)CC2(CCNCC2)C1. The van der Waals surface area contributed by atoms with Crippen molar-refractivity contribution in [2.75, 3.05) is 40.3 Å². The van der Waals surface area contributed by atoms with Gasteiger partial charge in [0.2, 0.25) is 0 Å². The van der Waals surface area contributed by atoms with Crippen molar-refractivity contribution >= 4 is 0 Å². The van der Waals surface area contributed by atoms with Crippen molar-refractivity contribution in [2.24, 2.45) is 5.41 Å². The average molecular weight is 155 g/mol. The predicted octanol–water partition coefficient (Wildman–Crippen LogP) is 0.446. The Labute approximate surface area is 69.2 Å². The summed E-state index contributed by atoms with van der Waals surface area (Å²) in [6.45, 7) is 5.32. The Hall–Kier alpha value is -0.0800. The predicted molar refractivity (Wildman–Crippen MR) is 46.4 cm³/mol. The lowest BCUT2D eigenvalue weighted by molar-refractivity contribution is -0.951. The molecular weight excluding hydrogens is 136 g/mol. The molecule has 11 heavy (non-hydrogen) atoms. The molecule has 0 aromatic rings. The summed E-state index contributed by atoms with van der Waals surface area (Å²) in [5, 5.41) is 3.43. The molecule has 0 aromatic carbocycles. The van der Waals surface area contributed by atoms with Crippen LogP contribution >= 0.6 is 0 Å². The van der Waals surface area contributed by atoms with Crippen LogP contribution in [0.15, 0.2) is 0 Å². The van der Waals surface area contributed by atoms with Crippen molar-refractivity contribution in [2.45, 2.75) is 12.8 Å². The molecule has 2 rings (SSSR count). The molecular formula is C9H19N2+. The zero-order chi connectivity index (χ0) is 7.95. The number of piperidine rings is 1. The van der Waals surface area contributed by atoms with Crippen molar-refractivity contribution in [1.82, 2.24) is 5.32 Å². The molecule has 0 saturated carbocycles. The highest BCUT2D eigenvalue weighted by molar-refractivity contribution is 4.89. The van der Waals surface area contributed by atoms with Crippen molar-refractivity contribution in [3.8, 4) is 0 Å². The van der Waals surface area contributed by atoms with Crippen LogP contribution in [0.5, 0.6) is 0 Å². The quantitative estimate of drug-likeness (QED) is 0.501. The Morgan fingerprint density at radius 2 is 1.64 bits per heavy atom. The van der Waals surface area contributed by atoms with Crippen molar-refractivity contribution in [3.05, 3.63) is 0 Å². The largest absolute Gasteiger partial charge is 0.327 e. The van der Waals surface area contributed by atoms with Gasteiger partial charge in [-0.05, 0) is 25.9 Å². The molecule has 0 aromatic heterocycles. The van der Waals surface area contributed by atoms with E-state index in [1.807, 2.05) is 0 Å². The molecule has 2 aliphatic heterocycles. The lowest BCUT2D eigenvalue weighted by Crippen LogP contribution is -2.67. The maximum absolute atomic E-state index is 3.43. The first-order valence-electron chi connectivity index (χ1n) is 4.65. The average Bonchev–Trinajstić information content (AvgIpc) is 1.85. The molecule has 2 heteroatoms. The number of nitrogens with one attached hydrogen (secondary N) is 1. The van der Waals surface area contributed by atoms with Gasteiger partial charge in [0.25, 0.3) is 0 Å². The van der Waals surface area contributed by atoms with Crippen LogP contribution in [0.25, 0.3) is 0 Å². The van der Waals surface area contributed by atoms with E-state index in [0.717, 1.165) is 5.41 Å². The summed E-state index contributed by atoms with van der Waals surface area (Å²) in [5.41, 5.74) is 0.745. The fourth-order valence-corrected chi connectivity index (χ4v) is 3.04. The molecule has 2 saturated heterocycles. The third kappa shape index (κ3) is 1.30. The molecule has 0 unspecified atom stereocenters. The van der Waals surface area contributed by atoms with Gasteiger partial charge in [0.15, 0.2) is 0 Å². The number of hydrogen-bond donors (Lipinski definition) is 1. The summed E-state index contributed by atoms with van der Waals surface area (Å²) >= 11 is 0. The van der Waals surface area contributed by atoms with Gasteiger partial charge in [0.05, 0.1) is 32.6 Å². The number of nitrogens with zero attached hydrogens (tertiary/aromatic N) is 1. The van der Waals surface area contributed by atoms with Gasteiger partial charge >= 0.3 is 0 Å². The number of likely N-dealkylation sites (tertiary alicyclic amines) is 1. The second-order valence-electron chi connectivity index (χ2n) is 5.00. The van der Waals surface area contributed by atoms with E-state index >= 15 is 0 Å². The Morgan fingerprint density at radius 3 is 2.09 bits per heavy atom. The summed E-state index contributed by atoms with van der Waals surface area (Å²) in [5.74, 6) is 0. The monoisotopic (exact) mass is 155 g/mol. The second kappa shape index (κ2) is 2.20. The van der Waals surface area contributed by atoms with Crippen LogP contribution in [0.4, 0.5) is 0 Å². The topological polar surface area (TPSA) is 12.0 Å². The van der Waals surface area contributed by atoms with E-state index in [1.165, 1.54) is 43.5 Å². The molecule has 0 bridgehead atoms. The van der Waals surface area contributed by atoms with Crippen LogP contribution in [-0.4, -0.2) is 44.8 Å². The molecule has 1 N–H and O–H groups in total. The number of rotatable bonds is 0. The molecule has 2 fully saturated rings. The zero-order valence-corrected chi connectivity index (χ0v) is 7.69. The van der Waals surface area contributed by atoms with Gasteiger partial charge in [-0.1, -0.05) is 0 Å². The molecule has 64 valence electrons. The highest BCUT2D eigenvalue weighted by atomic mass is 15.4. The van der Waals surface area contributed by atoms with Crippen molar-refractivity contribution in [3.63, 3.8) is 0 Å². The fraction of sp³-hybridized carbons (Fsp3) is 1.00. The minimum atomic E-state index is 0.745. The number of quaternary nitrogens is 1. The lowest BCUT2D eigenvalue weighted by atomic mass is 9.71. The zero-order valence-electron chi connectivity index (χ0n) is 7.69. The van der Waals surface area contributed by atoms with E-state index in [1.54, 1.807) is 0 Å². The van der Waals surface area contributed by atoms with E-state index in [9.17, 15) is 0 Å². The summed E-state index contributed by atoms with van der Waals surface area (Å²) in [4.78, 5) is 0. The molecule has 0 atom stereocenters. The maximum Gasteiger partial charge on any atom is 0.0895 e. The Kier molecular flexibility index (Phi) is 1.52. The third-order valence-corrected chi connectivity index (χ3v) is 3.19. The minimum Gasteiger partial charge on any atom is -0.327 e. The van der Waals surface area contributed by atoms with Gasteiger partial charge < -0.3 is 9.80 Å². The van der Waals surface area contributed by atoms with E-state index in [2.05, 4.69) is 19.4 Å². The van der Waals surface area contributed by atoms with E-state index in [0.29, 0.717) is 0 Å². The first-order valence-corrected chi connectivity index (χ1v) is 4.65. The smallest absolute Gasteiger partial charge is 0.0895 e. The second-order valence-corrected chi connectivity index (χ2v) is 5.00. The van der Waals surface area contributed by atoms with Crippen molar-refractivity contribution < 1.29 is 4.48 Å². The van der Waals surface area contributed by atoms with Gasteiger partial charge in [0, 0.05) is 0 Å². The van der Waals surface area contributed by atoms with E-state index in [4.69, 9.17) is 0 Å². The summed E-state index contributed by atoms with van der Waals surface area (Å²) in [6.07, 6.45) is 2.82. The molecule has 2 heterocycles. The fourth-order valence-electron chi connectivity index (χ4n) is 3.04. The van der Waals surface area contributed by atoms with Crippen LogP contribution in [0.3, 0.4) is 0 Å². The Bertz CT molecular complexity index is 147. The molecule has 0 radical (unpaired) electrons.